The number of aromatic nitrogens is 2. The van der Waals surface area contributed by atoms with Crippen molar-refractivity contribution in [3.63, 3.8) is 0 Å². The van der Waals surface area contributed by atoms with Crippen molar-refractivity contribution < 1.29 is 19.3 Å². The highest BCUT2D eigenvalue weighted by molar-refractivity contribution is 5.56. The molecule has 3 rings (SSSR count). The van der Waals surface area contributed by atoms with Gasteiger partial charge in [0.25, 0.3) is 0 Å². The second-order valence-corrected chi connectivity index (χ2v) is 7.38. The lowest BCUT2D eigenvalue weighted by molar-refractivity contribution is 0.112. The highest BCUT2D eigenvalue weighted by Crippen LogP contribution is 2.31. The SMILES string of the molecule is CCN(C[C@H](O)COc1ccc(Cc2ncc(C)[nH]2)cc1)c1ccc(OC)c(OC)c1. The molecule has 0 bridgehead atoms. The number of benzene rings is 2. The number of nitrogens with zero attached hydrogens (tertiary/aromatic N) is 2. The number of nitrogens with one attached hydrogen (secondary N) is 1. The number of aryl methyl sites for hydroxylation is 1. The first-order valence-electron chi connectivity index (χ1n) is 10.4. The third-order valence-electron chi connectivity index (χ3n) is 5.04. The molecule has 0 amide bonds. The fourth-order valence-corrected chi connectivity index (χ4v) is 3.39. The number of aliphatic hydroxyl groups excluding tert-OH is 1. The molecular formula is C24H31N3O4. The molecule has 7 heteroatoms. The Kier molecular flexibility index (Phi) is 7.78. The van der Waals surface area contributed by atoms with Crippen LogP contribution in [0.2, 0.25) is 0 Å². The van der Waals surface area contributed by atoms with Crippen molar-refractivity contribution >= 4 is 5.69 Å². The van der Waals surface area contributed by atoms with E-state index in [1.807, 2.05) is 62.5 Å². The van der Waals surface area contributed by atoms with E-state index in [0.717, 1.165) is 41.5 Å². The normalized spacial score (nSPS) is 11.8. The zero-order valence-corrected chi connectivity index (χ0v) is 18.6. The van der Waals surface area contributed by atoms with Crippen LogP contribution in [0.25, 0.3) is 0 Å². The summed E-state index contributed by atoms with van der Waals surface area (Å²) >= 11 is 0. The van der Waals surface area contributed by atoms with Gasteiger partial charge in [-0.05, 0) is 43.7 Å². The van der Waals surface area contributed by atoms with Gasteiger partial charge in [0.15, 0.2) is 11.5 Å². The second-order valence-electron chi connectivity index (χ2n) is 7.38. The number of hydrogen-bond donors (Lipinski definition) is 2. The van der Waals surface area contributed by atoms with Crippen LogP contribution in [0.3, 0.4) is 0 Å². The van der Waals surface area contributed by atoms with Crippen LogP contribution in [0.15, 0.2) is 48.7 Å². The number of aromatic amines is 1. The molecule has 0 aliphatic carbocycles. The van der Waals surface area contributed by atoms with Crippen molar-refractivity contribution in [3.8, 4) is 17.2 Å². The number of rotatable bonds is 11. The largest absolute Gasteiger partial charge is 0.493 e. The molecule has 0 aliphatic rings. The Morgan fingerprint density at radius 2 is 1.81 bits per heavy atom. The molecule has 0 saturated heterocycles. The molecule has 7 nitrogen and oxygen atoms in total. The molecule has 0 radical (unpaired) electrons. The molecule has 0 fully saturated rings. The molecule has 1 aromatic heterocycles. The summed E-state index contributed by atoms with van der Waals surface area (Å²) in [6.45, 7) is 5.43. The molecule has 1 atom stereocenters. The van der Waals surface area contributed by atoms with E-state index >= 15 is 0 Å². The lowest BCUT2D eigenvalue weighted by atomic mass is 10.1. The Balaban J connectivity index is 1.53. The van der Waals surface area contributed by atoms with Crippen molar-refractivity contribution in [3.05, 3.63) is 65.7 Å². The maximum absolute atomic E-state index is 10.5. The second kappa shape index (κ2) is 10.7. The highest BCUT2D eigenvalue weighted by atomic mass is 16.5. The Morgan fingerprint density at radius 1 is 1.06 bits per heavy atom. The fourth-order valence-electron chi connectivity index (χ4n) is 3.39. The average Bonchev–Trinajstić information content (AvgIpc) is 3.20. The van der Waals surface area contributed by atoms with Gasteiger partial charge in [-0.1, -0.05) is 12.1 Å². The Bertz CT molecular complexity index is 956. The standard InChI is InChI=1S/C24H31N3O4/c1-5-27(19-8-11-22(29-3)23(13-19)30-4)15-20(28)16-31-21-9-6-18(7-10-21)12-24-25-14-17(2)26-24/h6-11,13-14,20,28H,5,12,15-16H2,1-4H3,(H,25,26)/t20-/m0/s1. The minimum absolute atomic E-state index is 0.209. The van der Waals surface area contributed by atoms with E-state index in [0.29, 0.717) is 18.0 Å². The predicted molar refractivity (Wildman–Crippen MR) is 122 cm³/mol. The highest BCUT2D eigenvalue weighted by Gasteiger charge is 2.14. The van der Waals surface area contributed by atoms with Gasteiger partial charge < -0.3 is 29.2 Å². The van der Waals surface area contributed by atoms with Crippen LogP contribution in [0.1, 0.15) is 24.0 Å². The van der Waals surface area contributed by atoms with Crippen molar-refractivity contribution in [2.24, 2.45) is 0 Å². The Labute approximate surface area is 183 Å². The summed E-state index contributed by atoms with van der Waals surface area (Å²) in [4.78, 5) is 9.64. The number of likely N-dealkylation sites (N-methyl/N-ethyl adjacent to an activating group) is 1. The van der Waals surface area contributed by atoms with E-state index in [2.05, 4.69) is 14.9 Å². The minimum atomic E-state index is -0.640. The van der Waals surface area contributed by atoms with E-state index in [1.54, 1.807) is 14.2 Å². The number of hydrogen-bond acceptors (Lipinski definition) is 6. The number of methoxy groups -OCH3 is 2. The van der Waals surface area contributed by atoms with Gasteiger partial charge in [0.2, 0.25) is 0 Å². The number of aliphatic hydroxyl groups is 1. The van der Waals surface area contributed by atoms with E-state index in [-0.39, 0.29) is 6.61 Å². The first-order chi connectivity index (χ1) is 15.0. The molecule has 2 aromatic carbocycles. The average molecular weight is 426 g/mol. The molecule has 0 unspecified atom stereocenters. The molecule has 1 heterocycles. The van der Waals surface area contributed by atoms with Gasteiger partial charge in [0, 0.05) is 43.2 Å². The van der Waals surface area contributed by atoms with Gasteiger partial charge in [-0.25, -0.2) is 4.98 Å². The lowest BCUT2D eigenvalue weighted by Crippen LogP contribution is -2.35. The van der Waals surface area contributed by atoms with E-state index < -0.39 is 6.10 Å². The van der Waals surface area contributed by atoms with Crippen molar-refractivity contribution in [2.75, 3.05) is 38.8 Å². The third-order valence-corrected chi connectivity index (χ3v) is 5.04. The first kappa shape index (κ1) is 22.5. The maximum atomic E-state index is 10.5. The number of ether oxygens (including phenoxy) is 3. The monoisotopic (exact) mass is 425 g/mol. The summed E-state index contributed by atoms with van der Waals surface area (Å²) in [6, 6.07) is 13.6. The predicted octanol–water partition coefficient (Wildman–Crippen LogP) is 3.59. The Hall–Kier alpha value is -3.19. The first-order valence-corrected chi connectivity index (χ1v) is 10.4. The van der Waals surface area contributed by atoms with Crippen molar-refractivity contribution in [2.45, 2.75) is 26.4 Å². The van der Waals surface area contributed by atoms with E-state index in [9.17, 15) is 5.11 Å². The summed E-state index contributed by atoms with van der Waals surface area (Å²) in [5.41, 5.74) is 3.16. The van der Waals surface area contributed by atoms with Crippen LogP contribution < -0.4 is 19.1 Å². The summed E-state index contributed by atoms with van der Waals surface area (Å²) in [5.74, 6) is 3.01. The zero-order chi connectivity index (χ0) is 22.2. The van der Waals surface area contributed by atoms with Crippen LogP contribution >= 0.6 is 0 Å². The van der Waals surface area contributed by atoms with Crippen LogP contribution in [0, 0.1) is 6.92 Å². The van der Waals surface area contributed by atoms with Gasteiger partial charge in [-0.3, -0.25) is 0 Å². The number of H-pyrrole nitrogens is 1. The van der Waals surface area contributed by atoms with Crippen LogP contribution in [-0.2, 0) is 6.42 Å². The molecular weight excluding hydrogens is 394 g/mol. The molecule has 0 aliphatic heterocycles. The molecule has 0 saturated carbocycles. The fraction of sp³-hybridized carbons (Fsp3) is 0.375. The summed E-state index contributed by atoms with van der Waals surface area (Å²) in [7, 11) is 3.22. The minimum Gasteiger partial charge on any atom is -0.493 e. The molecule has 31 heavy (non-hydrogen) atoms. The zero-order valence-electron chi connectivity index (χ0n) is 18.6. The summed E-state index contributed by atoms with van der Waals surface area (Å²) in [6.07, 6.45) is 1.93. The Morgan fingerprint density at radius 3 is 2.42 bits per heavy atom. The lowest BCUT2D eigenvalue weighted by Gasteiger charge is -2.26. The maximum Gasteiger partial charge on any atom is 0.162 e. The van der Waals surface area contributed by atoms with Crippen molar-refractivity contribution in [1.29, 1.82) is 0 Å². The number of anilines is 1. The smallest absolute Gasteiger partial charge is 0.162 e. The van der Waals surface area contributed by atoms with Gasteiger partial charge in [-0.15, -0.1) is 0 Å². The molecule has 3 aromatic rings. The van der Waals surface area contributed by atoms with Crippen LogP contribution in [-0.4, -0.2) is 55.1 Å². The summed E-state index contributed by atoms with van der Waals surface area (Å²) < 4.78 is 16.5. The molecule has 166 valence electrons. The van der Waals surface area contributed by atoms with Gasteiger partial charge in [0.05, 0.1) is 14.2 Å². The molecule has 0 spiro atoms. The van der Waals surface area contributed by atoms with Crippen LogP contribution in [0.5, 0.6) is 17.2 Å². The van der Waals surface area contributed by atoms with E-state index in [4.69, 9.17) is 14.2 Å². The number of imidazole rings is 1. The van der Waals surface area contributed by atoms with Gasteiger partial charge in [-0.2, -0.15) is 0 Å². The molecule has 2 N–H and O–H groups in total. The van der Waals surface area contributed by atoms with Gasteiger partial charge >= 0.3 is 0 Å². The topological polar surface area (TPSA) is 79.8 Å². The summed E-state index contributed by atoms with van der Waals surface area (Å²) in [5, 5.41) is 10.5. The quantitative estimate of drug-likeness (QED) is 0.489. The third kappa shape index (κ3) is 6.15. The van der Waals surface area contributed by atoms with Gasteiger partial charge in [0.1, 0.15) is 24.3 Å². The van der Waals surface area contributed by atoms with E-state index in [1.165, 1.54) is 0 Å². The van der Waals surface area contributed by atoms with Crippen LogP contribution in [0.4, 0.5) is 5.69 Å². The van der Waals surface area contributed by atoms with Crippen molar-refractivity contribution in [1.82, 2.24) is 9.97 Å².